The normalized spacial score (nSPS) is 12.2. The molecule has 0 bridgehead atoms. The van der Waals surface area contributed by atoms with Gasteiger partial charge in [-0.25, -0.2) is 4.79 Å². The number of rotatable bonds is 7. The number of carbonyl (C=O) groups is 1. The minimum absolute atomic E-state index is 0.151. The predicted octanol–water partition coefficient (Wildman–Crippen LogP) is 1.92. The Balaban J connectivity index is 3.30. The molecule has 0 rings (SSSR count). The third-order valence-corrected chi connectivity index (χ3v) is 1.54. The molecule has 0 spiro atoms. The molecule has 0 N–H and O–H groups in total. The largest absolute Gasteiger partial charge is 0.462 e. The highest BCUT2D eigenvalue weighted by atomic mass is 16.5. The molecule has 0 fully saturated rings. The molecule has 0 amide bonds. The molecule has 1 atom stereocenters. The zero-order valence-corrected chi connectivity index (χ0v) is 8.41. The summed E-state index contributed by atoms with van der Waals surface area (Å²) in [7, 11) is 0. The third-order valence-electron chi connectivity index (χ3n) is 1.54. The molecule has 0 aromatic carbocycles. The lowest BCUT2D eigenvalue weighted by molar-refractivity contribution is -0.138. The first-order valence-corrected chi connectivity index (χ1v) is 4.61. The average molecular weight is 186 g/mol. The van der Waals surface area contributed by atoms with E-state index in [-0.39, 0.29) is 12.1 Å². The van der Waals surface area contributed by atoms with Crippen molar-refractivity contribution < 1.29 is 14.3 Å². The van der Waals surface area contributed by atoms with Crippen molar-refractivity contribution in [2.75, 3.05) is 13.2 Å². The quantitative estimate of drug-likeness (QED) is 0.450. The third kappa shape index (κ3) is 7.53. The highest BCUT2D eigenvalue weighted by molar-refractivity contribution is 5.81. The van der Waals surface area contributed by atoms with Crippen molar-refractivity contribution in [1.82, 2.24) is 0 Å². The van der Waals surface area contributed by atoms with E-state index in [9.17, 15) is 4.79 Å². The van der Waals surface area contributed by atoms with Gasteiger partial charge in [-0.15, -0.1) is 0 Å². The maximum atomic E-state index is 10.6. The van der Waals surface area contributed by atoms with Crippen molar-refractivity contribution in [3.63, 3.8) is 0 Å². The Hall–Kier alpha value is -0.830. The van der Waals surface area contributed by atoms with Crippen molar-refractivity contribution in [2.24, 2.45) is 0 Å². The van der Waals surface area contributed by atoms with Crippen LogP contribution in [0.2, 0.25) is 0 Å². The van der Waals surface area contributed by atoms with Crippen molar-refractivity contribution in [3.8, 4) is 0 Å². The van der Waals surface area contributed by atoms with Crippen LogP contribution in [0.3, 0.4) is 0 Å². The summed E-state index contributed by atoms with van der Waals surface area (Å²) in [5.41, 5.74) is 0. The molecule has 3 heteroatoms. The van der Waals surface area contributed by atoms with Gasteiger partial charge in [0.2, 0.25) is 0 Å². The van der Waals surface area contributed by atoms with Gasteiger partial charge in [0.1, 0.15) is 0 Å². The second kappa shape index (κ2) is 7.80. The molecule has 0 radical (unpaired) electrons. The first kappa shape index (κ1) is 12.2. The molecule has 0 aliphatic carbocycles. The minimum atomic E-state index is -0.373. The number of hydrogen-bond acceptors (Lipinski definition) is 3. The van der Waals surface area contributed by atoms with Crippen LogP contribution in [0.5, 0.6) is 0 Å². The fourth-order valence-electron chi connectivity index (χ4n) is 0.787. The van der Waals surface area contributed by atoms with Crippen LogP contribution in [-0.2, 0) is 14.3 Å². The van der Waals surface area contributed by atoms with Gasteiger partial charge in [0.05, 0.1) is 12.7 Å². The van der Waals surface area contributed by atoms with Crippen molar-refractivity contribution in [3.05, 3.63) is 12.7 Å². The van der Waals surface area contributed by atoms with Crippen molar-refractivity contribution >= 4 is 5.97 Å². The molecule has 0 aromatic rings. The molecule has 76 valence electrons. The van der Waals surface area contributed by atoms with Crippen molar-refractivity contribution in [1.29, 1.82) is 0 Å². The van der Waals surface area contributed by atoms with Gasteiger partial charge in [0.25, 0.3) is 0 Å². The van der Waals surface area contributed by atoms with Crippen LogP contribution in [0.25, 0.3) is 0 Å². The summed E-state index contributed by atoms with van der Waals surface area (Å²) in [5.74, 6) is -0.373. The lowest BCUT2D eigenvalue weighted by atomic mass is 10.3. The zero-order valence-electron chi connectivity index (χ0n) is 8.41. The lowest BCUT2D eigenvalue weighted by Gasteiger charge is -2.11. The average Bonchev–Trinajstić information content (AvgIpc) is 2.14. The maximum Gasteiger partial charge on any atom is 0.330 e. The standard InChI is InChI=1S/C10H18O3/c1-4-7-12-9(3)6-8-13-10(11)5-2/h5,9H,2,4,6-8H2,1,3H3. The van der Waals surface area contributed by atoms with E-state index in [1.807, 2.05) is 6.92 Å². The van der Waals surface area contributed by atoms with Gasteiger partial charge < -0.3 is 9.47 Å². The second-order valence-electron chi connectivity index (χ2n) is 2.84. The first-order chi connectivity index (χ1) is 6.20. The summed E-state index contributed by atoms with van der Waals surface area (Å²) in [4.78, 5) is 10.6. The van der Waals surface area contributed by atoms with Crippen LogP contribution in [0.4, 0.5) is 0 Å². The molecule has 0 saturated heterocycles. The molecule has 0 heterocycles. The van der Waals surface area contributed by atoms with E-state index < -0.39 is 0 Å². The molecule has 1 unspecified atom stereocenters. The molecular weight excluding hydrogens is 168 g/mol. The van der Waals surface area contributed by atoms with E-state index in [1.165, 1.54) is 0 Å². The van der Waals surface area contributed by atoms with Crippen LogP contribution >= 0.6 is 0 Å². The Morgan fingerprint density at radius 1 is 1.54 bits per heavy atom. The van der Waals surface area contributed by atoms with Crippen LogP contribution in [0, 0.1) is 0 Å². The van der Waals surface area contributed by atoms with E-state index in [0.29, 0.717) is 6.61 Å². The van der Waals surface area contributed by atoms with Gasteiger partial charge in [-0.3, -0.25) is 0 Å². The van der Waals surface area contributed by atoms with Crippen LogP contribution < -0.4 is 0 Å². The topological polar surface area (TPSA) is 35.5 Å². The zero-order chi connectivity index (χ0) is 10.1. The van der Waals surface area contributed by atoms with E-state index in [2.05, 4.69) is 13.5 Å². The first-order valence-electron chi connectivity index (χ1n) is 4.61. The summed E-state index contributed by atoms with van der Waals surface area (Å²) < 4.78 is 10.2. The maximum absolute atomic E-state index is 10.6. The van der Waals surface area contributed by atoms with Gasteiger partial charge in [-0.05, 0) is 13.3 Å². The monoisotopic (exact) mass is 186 g/mol. The summed E-state index contributed by atoms with van der Waals surface area (Å²) in [6, 6.07) is 0. The Labute approximate surface area is 79.7 Å². The Morgan fingerprint density at radius 3 is 2.77 bits per heavy atom. The molecule has 3 nitrogen and oxygen atoms in total. The van der Waals surface area contributed by atoms with Gasteiger partial charge in [-0.1, -0.05) is 13.5 Å². The highest BCUT2D eigenvalue weighted by Gasteiger charge is 2.02. The molecule has 0 saturated carbocycles. The summed E-state index contributed by atoms with van der Waals surface area (Å²) >= 11 is 0. The Kier molecular flexibility index (Phi) is 7.30. The summed E-state index contributed by atoms with van der Waals surface area (Å²) in [5, 5.41) is 0. The number of ether oxygens (including phenoxy) is 2. The number of esters is 1. The van der Waals surface area contributed by atoms with Crippen LogP contribution in [0.15, 0.2) is 12.7 Å². The number of carbonyl (C=O) groups excluding carboxylic acids is 1. The van der Waals surface area contributed by atoms with Gasteiger partial charge in [-0.2, -0.15) is 0 Å². The predicted molar refractivity (Wildman–Crippen MR) is 51.5 cm³/mol. The van der Waals surface area contributed by atoms with Crippen molar-refractivity contribution in [2.45, 2.75) is 32.8 Å². The summed E-state index contributed by atoms with van der Waals surface area (Å²) in [6.07, 6.45) is 3.06. The van der Waals surface area contributed by atoms with Gasteiger partial charge in [0, 0.05) is 19.1 Å². The number of hydrogen-bond donors (Lipinski definition) is 0. The fourth-order valence-corrected chi connectivity index (χ4v) is 0.787. The molecule has 0 aliphatic rings. The lowest BCUT2D eigenvalue weighted by Crippen LogP contribution is -2.13. The Bertz CT molecular complexity index is 154. The fraction of sp³-hybridized carbons (Fsp3) is 0.700. The summed E-state index contributed by atoms with van der Waals surface area (Å²) in [6.45, 7) is 8.49. The van der Waals surface area contributed by atoms with E-state index in [0.717, 1.165) is 25.5 Å². The van der Waals surface area contributed by atoms with Crippen LogP contribution in [-0.4, -0.2) is 25.3 Å². The molecular formula is C10H18O3. The molecule has 0 aliphatic heterocycles. The SMILES string of the molecule is C=CC(=O)OCCC(C)OCCC. The molecule has 0 aromatic heterocycles. The van der Waals surface area contributed by atoms with Gasteiger partial charge >= 0.3 is 5.97 Å². The van der Waals surface area contributed by atoms with Crippen LogP contribution in [0.1, 0.15) is 26.7 Å². The second-order valence-corrected chi connectivity index (χ2v) is 2.84. The highest BCUT2D eigenvalue weighted by Crippen LogP contribution is 1.98. The van der Waals surface area contributed by atoms with Gasteiger partial charge in [0.15, 0.2) is 0 Å². The smallest absolute Gasteiger partial charge is 0.330 e. The van der Waals surface area contributed by atoms with E-state index in [4.69, 9.17) is 9.47 Å². The minimum Gasteiger partial charge on any atom is -0.462 e. The Morgan fingerprint density at radius 2 is 2.23 bits per heavy atom. The van der Waals surface area contributed by atoms with E-state index in [1.54, 1.807) is 0 Å². The molecule has 13 heavy (non-hydrogen) atoms. The van der Waals surface area contributed by atoms with E-state index >= 15 is 0 Å².